The number of hydrogen-bond acceptors (Lipinski definition) is 5. The SMILES string of the molecule is CC(O)(c1ccccc1)c1cc(-c2c[nH]c3ncc(Br)cc23)nc(N)n1. The summed E-state index contributed by atoms with van der Waals surface area (Å²) in [5.41, 5.74) is 8.02. The molecule has 0 radical (unpaired) electrons. The Morgan fingerprint density at radius 2 is 1.92 bits per heavy atom. The summed E-state index contributed by atoms with van der Waals surface area (Å²) in [4.78, 5) is 16.1. The zero-order chi connectivity index (χ0) is 18.3. The highest BCUT2D eigenvalue weighted by molar-refractivity contribution is 9.10. The Hall–Kier alpha value is -2.77. The summed E-state index contributed by atoms with van der Waals surface area (Å²) in [7, 11) is 0. The molecule has 7 heteroatoms. The van der Waals surface area contributed by atoms with E-state index >= 15 is 0 Å². The molecule has 1 atom stereocenters. The maximum Gasteiger partial charge on any atom is 0.220 e. The number of halogens is 1. The Kier molecular flexibility index (Phi) is 3.97. The number of nitrogens with one attached hydrogen (secondary N) is 1. The van der Waals surface area contributed by atoms with Crippen molar-refractivity contribution in [3.8, 4) is 11.3 Å². The van der Waals surface area contributed by atoms with Crippen LogP contribution in [-0.4, -0.2) is 25.0 Å². The van der Waals surface area contributed by atoms with Gasteiger partial charge in [-0.25, -0.2) is 15.0 Å². The number of H-pyrrole nitrogens is 1. The van der Waals surface area contributed by atoms with Gasteiger partial charge < -0.3 is 15.8 Å². The predicted molar refractivity (Wildman–Crippen MR) is 104 cm³/mol. The van der Waals surface area contributed by atoms with E-state index in [4.69, 9.17) is 5.73 Å². The van der Waals surface area contributed by atoms with Gasteiger partial charge in [0.25, 0.3) is 0 Å². The first-order valence-electron chi connectivity index (χ1n) is 8.01. The summed E-state index contributed by atoms with van der Waals surface area (Å²) in [6.07, 6.45) is 3.55. The van der Waals surface area contributed by atoms with E-state index in [1.54, 1.807) is 19.2 Å². The smallest absolute Gasteiger partial charge is 0.220 e. The number of aromatic amines is 1. The Labute approximate surface area is 158 Å². The third kappa shape index (κ3) is 2.85. The largest absolute Gasteiger partial charge is 0.379 e. The molecule has 3 heterocycles. The number of fused-ring (bicyclic) bond motifs is 1. The second kappa shape index (κ2) is 6.19. The molecule has 4 aromatic rings. The van der Waals surface area contributed by atoms with Crippen LogP contribution in [0.5, 0.6) is 0 Å². The number of nitrogens with two attached hydrogens (primary N) is 1. The Balaban J connectivity index is 1.88. The van der Waals surface area contributed by atoms with Crippen molar-refractivity contribution >= 4 is 32.9 Å². The van der Waals surface area contributed by atoms with Gasteiger partial charge in [-0.1, -0.05) is 30.3 Å². The van der Waals surface area contributed by atoms with Crippen LogP contribution >= 0.6 is 15.9 Å². The molecule has 0 spiro atoms. The molecule has 0 amide bonds. The molecule has 0 saturated heterocycles. The van der Waals surface area contributed by atoms with Gasteiger partial charge in [-0.15, -0.1) is 0 Å². The molecule has 0 bridgehead atoms. The number of anilines is 1. The van der Waals surface area contributed by atoms with Crippen molar-refractivity contribution in [3.63, 3.8) is 0 Å². The standard InChI is InChI=1S/C19H16BrN5O/c1-19(26,11-5-3-2-4-6-11)16-8-15(24-18(21)25-16)14-10-23-17-13(14)7-12(20)9-22-17/h2-10,26H,1H3,(H,22,23)(H2,21,24,25). The van der Waals surface area contributed by atoms with Gasteiger partial charge in [-0.3, -0.25) is 0 Å². The first kappa shape index (κ1) is 16.7. The number of benzene rings is 1. The molecule has 6 nitrogen and oxygen atoms in total. The molecule has 130 valence electrons. The normalized spacial score (nSPS) is 13.7. The zero-order valence-corrected chi connectivity index (χ0v) is 15.5. The molecular formula is C19H16BrN5O. The van der Waals surface area contributed by atoms with Crippen LogP contribution in [0.15, 0.2) is 59.3 Å². The third-order valence-corrected chi connectivity index (χ3v) is 4.79. The zero-order valence-electron chi connectivity index (χ0n) is 13.9. The lowest BCUT2D eigenvalue weighted by atomic mass is 9.91. The van der Waals surface area contributed by atoms with Crippen molar-refractivity contribution in [3.05, 3.63) is 70.6 Å². The summed E-state index contributed by atoms with van der Waals surface area (Å²) in [6.45, 7) is 1.70. The molecule has 0 fully saturated rings. The van der Waals surface area contributed by atoms with Crippen LogP contribution in [0.4, 0.5) is 5.95 Å². The van der Waals surface area contributed by atoms with Crippen LogP contribution in [0.1, 0.15) is 18.2 Å². The number of nitrogen functional groups attached to an aromatic ring is 1. The molecule has 0 aliphatic rings. The average molecular weight is 410 g/mol. The summed E-state index contributed by atoms with van der Waals surface area (Å²) in [6, 6.07) is 13.1. The second-order valence-corrected chi connectivity index (χ2v) is 7.10. The summed E-state index contributed by atoms with van der Waals surface area (Å²) >= 11 is 3.44. The highest BCUT2D eigenvalue weighted by Crippen LogP contribution is 2.33. The van der Waals surface area contributed by atoms with Crippen molar-refractivity contribution in [1.29, 1.82) is 0 Å². The minimum atomic E-state index is -1.29. The van der Waals surface area contributed by atoms with E-state index in [-0.39, 0.29) is 5.95 Å². The van der Waals surface area contributed by atoms with Crippen molar-refractivity contribution in [2.45, 2.75) is 12.5 Å². The van der Waals surface area contributed by atoms with Crippen LogP contribution in [-0.2, 0) is 5.60 Å². The molecule has 4 N–H and O–H groups in total. The van der Waals surface area contributed by atoms with E-state index < -0.39 is 5.60 Å². The Morgan fingerprint density at radius 3 is 2.69 bits per heavy atom. The summed E-state index contributed by atoms with van der Waals surface area (Å²) in [5.74, 6) is 0.103. The molecule has 0 saturated carbocycles. The first-order valence-corrected chi connectivity index (χ1v) is 8.80. The van der Waals surface area contributed by atoms with Gasteiger partial charge in [0, 0.05) is 27.8 Å². The number of rotatable bonds is 3. The number of hydrogen-bond donors (Lipinski definition) is 3. The average Bonchev–Trinajstić information content (AvgIpc) is 3.05. The molecule has 3 aromatic heterocycles. The van der Waals surface area contributed by atoms with Gasteiger partial charge >= 0.3 is 0 Å². The highest BCUT2D eigenvalue weighted by Gasteiger charge is 2.28. The molecule has 4 rings (SSSR count). The predicted octanol–water partition coefficient (Wildman–Crippen LogP) is 3.62. The van der Waals surface area contributed by atoms with Gasteiger partial charge in [-0.2, -0.15) is 0 Å². The lowest BCUT2D eigenvalue weighted by Crippen LogP contribution is -2.25. The van der Waals surface area contributed by atoms with Crippen LogP contribution in [0.2, 0.25) is 0 Å². The lowest BCUT2D eigenvalue weighted by molar-refractivity contribution is 0.0975. The molecule has 0 aliphatic heterocycles. The second-order valence-electron chi connectivity index (χ2n) is 6.19. The number of pyridine rings is 1. The topological polar surface area (TPSA) is 101 Å². The van der Waals surface area contributed by atoms with Crippen molar-refractivity contribution in [2.75, 3.05) is 5.73 Å². The quantitative estimate of drug-likeness (QED) is 0.479. The van der Waals surface area contributed by atoms with Crippen molar-refractivity contribution in [2.24, 2.45) is 0 Å². The van der Waals surface area contributed by atoms with E-state index in [9.17, 15) is 5.11 Å². The van der Waals surface area contributed by atoms with Crippen molar-refractivity contribution in [1.82, 2.24) is 19.9 Å². The summed E-state index contributed by atoms with van der Waals surface area (Å²) < 4.78 is 0.865. The van der Waals surface area contributed by atoms with Gasteiger partial charge in [0.2, 0.25) is 5.95 Å². The summed E-state index contributed by atoms with van der Waals surface area (Å²) in [5, 5.41) is 12.0. The molecule has 1 unspecified atom stereocenters. The maximum atomic E-state index is 11.1. The van der Waals surface area contributed by atoms with E-state index in [1.807, 2.05) is 42.6 Å². The monoisotopic (exact) mass is 409 g/mol. The molecule has 0 aliphatic carbocycles. The maximum absolute atomic E-state index is 11.1. The van der Waals surface area contributed by atoms with E-state index in [1.165, 1.54) is 0 Å². The van der Waals surface area contributed by atoms with Crippen LogP contribution in [0.25, 0.3) is 22.3 Å². The van der Waals surface area contributed by atoms with Crippen LogP contribution in [0.3, 0.4) is 0 Å². The minimum absolute atomic E-state index is 0.103. The van der Waals surface area contributed by atoms with Gasteiger partial charge in [-0.05, 0) is 40.5 Å². The Bertz CT molecular complexity index is 1090. The van der Waals surface area contributed by atoms with Gasteiger partial charge in [0.1, 0.15) is 11.2 Å². The first-order chi connectivity index (χ1) is 12.4. The minimum Gasteiger partial charge on any atom is -0.379 e. The fourth-order valence-corrected chi connectivity index (χ4v) is 3.28. The fourth-order valence-electron chi connectivity index (χ4n) is 2.95. The van der Waals surface area contributed by atoms with Gasteiger partial charge in [0.15, 0.2) is 0 Å². The van der Waals surface area contributed by atoms with E-state index in [0.717, 1.165) is 26.6 Å². The fraction of sp³-hybridized carbons (Fsp3) is 0.105. The number of aliphatic hydroxyl groups is 1. The van der Waals surface area contributed by atoms with Gasteiger partial charge in [0.05, 0.1) is 11.4 Å². The molecule has 1 aromatic carbocycles. The molecule has 26 heavy (non-hydrogen) atoms. The van der Waals surface area contributed by atoms with E-state index in [2.05, 4.69) is 35.9 Å². The number of aromatic nitrogens is 4. The van der Waals surface area contributed by atoms with Crippen molar-refractivity contribution < 1.29 is 5.11 Å². The third-order valence-electron chi connectivity index (χ3n) is 4.35. The van der Waals surface area contributed by atoms with E-state index in [0.29, 0.717) is 11.4 Å². The van der Waals surface area contributed by atoms with Crippen LogP contribution < -0.4 is 5.73 Å². The number of nitrogens with zero attached hydrogens (tertiary/aromatic N) is 3. The Morgan fingerprint density at radius 1 is 1.15 bits per heavy atom. The lowest BCUT2D eigenvalue weighted by Gasteiger charge is -2.23. The van der Waals surface area contributed by atoms with Crippen LogP contribution in [0, 0.1) is 0 Å². The highest BCUT2D eigenvalue weighted by atomic mass is 79.9. The molecular weight excluding hydrogens is 394 g/mol.